The summed E-state index contributed by atoms with van der Waals surface area (Å²) in [5, 5.41) is 3.41. The number of hydrogen-bond donors (Lipinski definition) is 1. The zero-order valence-corrected chi connectivity index (χ0v) is 14.4. The number of likely N-dealkylation sites (N-methyl/N-ethyl adjacent to an activating group) is 1. The van der Waals surface area contributed by atoms with Crippen molar-refractivity contribution < 1.29 is 9.53 Å². The minimum atomic E-state index is -0.351. The Morgan fingerprint density at radius 1 is 1.48 bits per heavy atom. The highest BCUT2D eigenvalue weighted by Crippen LogP contribution is 2.28. The van der Waals surface area contributed by atoms with Crippen molar-refractivity contribution in [1.29, 1.82) is 0 Å². The minimum absolute atomic E-state index is 0.0598. The van der Waals surface area contributed by atoms with E-state index in [9.17, 15) is 4.79 Å². The molecule has 1 fully saturated rings. The molecule has 21 heavy (non-hydrogen) atoms. The van der Waals surface area contributed by atoms with E-state index < -0.39 is 0 Å². The van der Waals surface area contributed by atoms with Crippen LogP contribution in [0.4, 0.5) is 0 Å². The Labute approximate surface area is 135 Å². The fourth-order valence-corrected chi connectivity index (χ4v) is 2.83. The average Bonchev–Trinajstić information content (AvgIpc) is 2.73. The number of amides is 1. The third-order valence-corrected chi connectivity index (χ3v) is 4.15. The lowest BCUT2D eigenvalue weighted by molar-refractivity contribution is -0.132. The van der Waals surface area contributed by atoms with E-state index >= 15 is 0 Å². The maximum Gasteiger partial charge on any atom is 0.263 e. The van der Waals surface area contributed by atoms with Gasteiger partial charge in [0.25, 0.3) is 5.91 Å². The van der Waals surface area contributed by atoms with Crippen molar-refractivity contribution in [2.24, 2.45) is 5.92 Å². The molecular formula is C16H23BrN2O2. The third kappa shape index (κ3) is 4.45. The Morgan fingerprint density at radius 3 is 2.81 bits per heavy atom. The fraction of sp³-hybridized carbons (Fsp3) is 0.562. The summed E-state index contributed by atoms with van der Waals surface area (Å²) in [6.07, 6.45) is 0.399. The Kier molecular flexibility index (Phi) is 5.65. The van der Waals surface area contributed by atoms with Gasteiger partial charge in [-0.1, -0.05) is 19.9 Å². The van der Waals surface area contributed by atoms with E-state index in [0.717, 1.165) is 36.3 Å². The van der Waals surface area contributed by atoms with Crippen molar-refractivity contribution >= 4 is 21.8 Å². The van der Waals surface area contributed by atoms with E-state index in [2.05, 4.69) is 35.1 Å². The fourth-order valence-electron chi connectivity index (χ4n) is 2.31. The largest absolute Gasteiger partial charge is 0.479 e. The summed E-state index contributed by atoms with van der Waals surface area (Å²) in [7, 11) is 1.81. The number of rotatable bonds is 6. The van der Waals surface area contributed by atoms with Gasteiger partial charge in [0.1, 0.15) is 5.75 Å². The SMILES string of the molecule is CC(C)CNCc1ccc(OC2CCN(C)C2=O)c(Br)c1. The minimum Gasteiger partial charge on any atom is -0.479 e. The van der Waals surface area contributed by atoms with Gasteiger partial charge in [-0.25, -0.2) is 0 Å². The molecule has 0 aliphatic carbocycles. The summed E-state index contributed by atoms with van der Waals surface area (Å²) in [5.41, 5.74) is 1.20. The van der Waals surface area contributed by atoms with Crippen molar-refractivity contribution in [2.75, 3.05) is 20.1 Å². The zero-order chi connectivity index (χ0) is 15.4. The molecule has 5 heteroatoms. The lowest BCUT2D eigenvalue weighted by atomic mass is 10.2. The number of likely N-dealkylation sites (tertiary alicyclic amines) is 1. The third-order valence-electron chi connectivity index (χ3n) is 3.53. The predicted molar refractivity (Wildman–Crippen MR) is 87.4 cm³/mol. The van der Waals surface area contributed by atoms with Gasteiger partial charge >= 0.3 is 0 Å². The second-order valence-electron chi connectivity index (χ2n) is 5.94. The molecule has 1 amide bonds. The van der Waals surface area contributed by atoms with Gasteiger partial charge in [0, 0.05) is 26.6 Å². The lowest BCUT2D eigenvalue weighted by Crippen LogP contribution is -2.29. The maximum absolute atomic E-state index is 11.9. The summed E-state index contributed by atoms with van der Waals surface area (Å²) in [6.45, 7) is 6.98. The molecule has 1 saturated heterocycles. The van der Waals surface area contributed by atoms with Gasteiger partial charge in [-0.2, -0.15) is 0 Å². The van der Waals surface area contributed by atoms with Crippen molar-refractivity contribution in [2.45, 2.75) is 32.9 Å². The second-order valence-corrected chi connectivity index (χ2v) is 6.80. The van der Waals surface area contributed by atoms with E-state index in [1.54, 1.807) is 4.90 Å². The van der Waals surface area contributed by atoms with Crippen molar-refractivity contribution in [3.8, 4) is 5.75 Å². The Balaban J connectivity index is 1.94. The predicted octanol–water partition coefficient (Wildman–Crippen LogP) is 2.80. The summed E-state index contributed by atoms with van der Waals surface area (Å²) in [5.74, 6) is 1.43. The van der Waals surface area contributed by atoms with E-state index in [1.165, 1.54) is 5.56 Å². The van der Waals surface area contributed by atoms with Gasteiger partial charge in [0.05, 0.1) is 4.47 Å². The van der Waals surface area contributed by atoms with Crippen molar-refractivity contribution in [1.82, 2.24) is 10.2 Å². The number of nitrogens with one attached hydrogen (secondary N) is 1. The number of hydrogen-bond acceptors (Lipinski definition) is 3. The van der Waals surface area contributed by atoms with Crippen LogP contribution in [-0.2, 0) is 11.3 Å². The molecule has 1 heterocycles. The molecular weight excluding hydrogens is 332 g/mol. The van der Waals surface area contributed by atoms with Gasteiger partial charge in [-0.3, -0.25) is 4.79 Å². The molecule has 0 bridgehead atoms. The standard InChI is InChI=1S/C16H23BrN2O2/c1-11(2)9-18-10-12-4-5-14(13(17)8-12)21-15-6-7-19(3)16(15)20/h4-5,8,11,15,18H,6-7,9-10H2,1-3H3. The number of carbonyl (C=O) groups excluding carboxylic acids is 1. The number of carbonyl (C=O) groups is 1. The first-order valence-electron chi connectivity index (χ1n) is 7.38. The highest BCUT2D eigenvalue weighted by molar-refractivity contribution is 9.10. The molecule has 0 saturated carbocycles. The summed E-state index contributed by atoms with van der Waals surface area (Å²) < 4.78 is 6.72. The van der Waals surface area contributed by atoms with Gasteiger partial charge in [0.15, 0.2) is 6.10 Å². The van der Waals surface area contributed by atoms with Crippen LogP contribution >= 0.6 is 15.9 Å². The van der Waals surface area contributed by atoms with E-state index in [1.807, 2.05) is 25.2 Å². The number of ether oxygens (including phenoxy) is 1. The molecule has 0 radical (unpaired) electrons. The molecule has 4 nitrogen and oxygen atoms in total. The van der Waals surface area contributed by atoms with E-state index in [-0.39, 0.29) is 12.0 Å². The van der Waals surface area contributed by atoms with E-state index in [0.29, 0.717) is 5.92 Å². The van der Waals surface area contributed by atoms with Gasteiger partial charge < -0.3 is 15.0 Å². The Morgan fingerprint density at radius 2 is 2.24 bits per heavy atom. The first-order chi connectivity index (χ1) is 9.97. The van der Waals surface area contributed by atoms with Crippen LogP contribution in [0.3, 0.4) is 0 Å². The van der Waals surface area contributed by atoms with Gasteiger partial charge in [0.2, 0.25) is 0 Å². The normalized spacial score (nSPS) is 18.6. The number of nitrogens with zero attached hydrogens (tertiary/aromatic N) is 1. The first-order valence-corrected chi connectivity index (χ1v) is 8.17. The van der Waals surface area contributed by atoms with Crippen LogP contribution in [0.25, 0.3) is 0 Å². The molecule has 1 atom stereocenters. The van der Waals surface area contributed by atoms with Crippen molar-refractivity contribution in [3.05, 3.63) is 28.2 Å². The van der Waals surface area contributed by atoms with E-state index in [4.69, 9.17) is 4.74 Å². The van der Waals surface area contributed by atoms with Crippen LogP contribution in [0, 0.1) is 5.92 Å². The number of halogens is 1. The van der Waals surface area contributed by atoms with Crippen LogP contribution in [0.5, 0.6) is 5.75 Å². The quantitative estimate of drug-likeness (QED) is 0.853. The molecule has 1 N–H and O–H groups in total. The van der Waals surface area contributed by atoms with Crippen molar-refractivity contribution in [3.63, 3.8) is 0 Å². The van der Waals surface area contributed by atoms with Gasteiger partial charge in [-0.05, 0) is 46.1 Å². The highest BCUT2D eigenvalue weighted by Gasteiger charge is 2.31. The summed E-state index contributed by atoms with van der Waals surface area (Å²) in [6, 6.07) is 6.02. The molecule has 1 unspecified atom stereocenters. The monoisotopic (exact) mass is 354 g/mol. The topological polar surface area (TPSA) is 41.6 Å². The molecule has 0 aromatic heterocycles. The molecule has 2 rings (SSSR count). The summed E-state index contributed by atoms with van der Waals surface area (Å²) in [4.78, 5) is 13.6. The second kappa shape index (κ2) is 7.27. The lowest BCUT2D eigenvalue weighted by Gasteiger charge is -2.15. The average molecular weight is 355 g/mol. The number of benzene rings is 1. The van der Waals surface area contributed by atoms with Crippen LogP contribution in [0.2, 0.25) is 0 Å². The molecule has 1 aliphatic heterocycles. The van der Waals surface area contributed by atoms with Crippen LogP contribution < -0.4 is 10.1 Å². The smallest absolute Gasteiger partial charge is 0.263 e. The Bertz CT molecular complexity index is 505. The first kappa shape index (κ1) is 16.3. The Hall–Kier alpha value is -1.07. The summed E-state index contributed by atoms with van der Waals surface area (Å²) >= 11 is 3.53. The molecule has 1 aromatic carbocycles. The molecule has 1 aromatic rings. The maximum atomic E-state index is 11.9. The zero-order valence-electron chi connectivity index (χ0n) is 12.9. The molecule has 0 spiro atoms. The van der Waals surface area contributed by atoms with Crippen LogP contribution in [-0.4, -0.2) is 37.0 Å². The highest BCUT2D eigenvalue weighted by atomic mass is 79.9. The molecule has 116 valence electrons. The van der Waals surface area contributed by atoms with Crippen LogP contribution in [0.15, 0.2) is 22.7 Å². The van der Waals surface area contributed by atoms with Gasteiger partial charge in [-0.15, -0.1) is 0 Å². The van der Waals surface area contributed by atoms with Crippen LogP contribution in [0.1, 0.15) is 25.8 Å². The molecule has 1 aliphatic rings.